The number of hydrogen-bond acceptors (Lipinski definition) is 4. The average molecular weight is 336 g/mol. The molecule has 2 rings (SSSR count). The normalized spacial score (nSPS) is 19.5. The van der Waals surface area contributed by atoms with Gasteiger partial charge in [-0.2, -0.15) is 0 Å². The highest BCUT2D eigenvalue weighted by Gasteiger charge is 2.25. The molecule has 1 saturated heterocycles. The molecule has 118 valence electrons. The van der Waals surface area contributed by atoms with Crippen molar-refractivity contribution in [2.75, 3.05) is 25.4 Å². The Morgan fingerprint density at radius 2 is 1.86 bits per heavy atom. The summed E-state index contributed by atoms with van der Waals surface area (Å²) in [6.45, 7) is 0.502. The van der Waals surface area contributed by atoms with E-state index >= 15 is 0 Å². The SMILES string of the molecule is O=S(=O)(NCCN1CCCCS1(=O)=O)c1ccc(F)cc1. The third kappa shape index (κ3) is 4.22. The Hall–Kier alpha value is -1.03. The highest BCUT2D eigenvalue weighted by atomic mass is 32.2. The first kappa shape index (κ1) is 16.3. The van der Waals surface area contributed by atoms with Crippen LogP contribution in [0.4, 0.5) is 4.39 Å². The van der Waals surface area contributed by atoms with Crippen LogP contribution < -0.4 is 4.72 Å². The smallest absolute Gasteiger partial charge is 0.212 e. The fourth-order valence-corrected chi connectivity index (χ4v) is 4.72. The molecule has 1 aliphatic heterocycles. The van der Waals surface area contributed by atoms with Crippen LogP contribution in [0.2, 0.25) is 0 Å². The molecule has 0 bridgehead atoms. The van der Waals surface area contributed by atoms with Gasteiger partial charge < -0.3 is 0 Å². The van der Waals surface area contributed by atoms with Gasteiger partial charge in [0.2, 0.25) is 20.0 Å². The fraction of sp³-hybridized carbons (Fsp3) is 0.500. The second-order valence-corrected chi connectivity index (χ2v) is 8.63. The fourth-order valence-electron chi connectivity index (χ4n) is 2.09. The summed E-state index contributed by atoms with van der Waals surface area (Å²) in [6.07, 6.45) is 1.42. The van der Waals surface area contributed by atoms with E-state index in [4.69, 9.17) is 0 Å². The first-order chi connectivity index (χ1) is 9.81. The van der Waals surface area contributed by atoms with Gasteiger partial charge in [0.15, 0.2) is 0 Å². The van der Waals surface area contributed by atoms with Gasteiger partial charge in [0.25, 0.3) is 0 Å². The number of rotatable bonds is 5. The van der Waals surface area contributed by atoms with E-state index < -0.39 is 25.9 Å². The molecule has 0 saturated carbocycles. The van der Waals surface area contributed by atoms with Crippen LogP contribution in [-0.2, 0) is 20.0 Å². The molecule has 1 fully saturated rings. The molecule has 0 amide bonds. The Morgan fingerprint density at radius 1 is 1.19 bits per heavy atom. The van der Waals surface area contributed by atoms with E-state index in [1.807, 2.05) is 0 Å². The van der Waals surface area contributed by atoms with Crippen molar-refractivity contribution in [3.63, 3.8) is 0 Å². The number of halogens is 1. The zero-order valence-electron chi connectivity index (χ0n) is 11.3. The van der Waals surface area contributed by atoms with Gasteiger partial charge in [-0.1, -0.05) is 0 Å². The molecule has 21 heavy (non-hydrogen) atoms. The van der Waals surface area contributed by atoms with Crippen LogP contribution in [0.1, 0.15) is 12.8 Å². The zero-order chi connectivity index (χ0) is 15.5. The lowest BCUT2D eigenvalue weighted by Crippen LogP contribution is -2.42. The first-order valence-electron chi connectivity index (χ1n) is 6.54. The van der Waals surface area contributed by atoms with Crippen molar-refractivity contribution in [2.24, 2.45) is 0 Å². The number of sulfonamides is 2. The van der Waals surface area contributed by atoms with Crippen molar-refractivity contribution in [3.05, 3.63) is 30.1 Å². The van der Waals surface area contributed by atoms with Gasteiger partial charge in [0, 0.05) is 19.6 Å². The number of benzene rings is 1. The maximum absolute atomic E-state index is 12.8. The monoisotopic (exact) mass is 336 g/mol. The van der Waals surface area contributed by atoms with Gasteiger partial charge in [0.1, 0.15) is 5.82 Å². The van der Waals surface area contributed by atoms with E-state index in [1.165, 1.54) is 4.31 Å². The maximum Gasteiger partial charge on any atom is 0.240 e. The van der Waals surface area contributed by atoms with E-state index in [9.17, 15) is 21.2 Å². The standard InChI is InChI=1S/C12H17FN2O4S2/c13-11-3-5-12(6-4-11)21(18,19)14-7-9-15-8-1-2-10-20(15,16)17/h3-6,14H,1-2,7-10H2. The summed E-state index contributed by atoms with van der Waals surface area (Å²) in [5, 5.41) is 0. The Bertz CT molecular complexity index is 686. The molecule has 1 aromatic rings. The molecule has 0 aromatic heterocycles. The Balaban J connectivity index is 1.95. The molecule has 6 nitrogen and oxygen atoms in total. The number of nitrogens with one attached hydrogen (secondary N) is 1. The van der Waals surface area contributed by atoms with Crippen LogP contribution >= 0.6 is 0 Å². The van der Waals surface area contributed by atoms with E-state index in [0.29, 0.717) is 13.0 Å². The predicted molar refractivity (Wildman–Crippen MR) is 76.2 cm³/mol. The van der Waals surface area contributed by atoms with Crippen LogP contribution in [0.5, 0.6) is 0 Å². The Morgan fingerprint density at radius 3 is 2.48 bits per heavy atom. The highest BCUT2D eigenvalue weighted by molar-refractivity contribution is 7.89. The van der Waals surface area contributed by atoms with Crippen LogP contribution in [0, 0.1) is 5.82 Å². The summed E-state index contributed by atoms with van der Waals surface area (Å²) in [4.78, 5) is -0.0506. The predicted octanol–water partition coefficient (Wildman–Crippen LogP) is 0.530. The minimum atomic E-state index is -3.75. The quantitative estimate of drug-likeness (QED) is 0.850. The highest BCUT2D eigenvalue weighted by Crippen LogP contribution is 2.13. The largest absolute Gasteiger partial charge is 0.240 e. The van der Waals surface area contributed by atoms with Crippen LogP contribution in [0.25, 0.3) is 0 Å². The third-order valence-corrected chi connectivity index (χ3v) is 6.66. The van der Waals surface area contributed by atoms with Crippen LogP contribution in [-0.4, -0.2) is 46.5 Å². The van der Waals surface area contributed by atoms with Crippen molar-refractivity contribution in [1.82, 2.24) is 9.03 Å². The summed E-state index contributed by atoms with van der Waals surface area (Å²) >= 11 is 0. The van der Waals surface area contributed by atoms with Gasteiger partial charge in [0.05, 0.1) is 10.6 Å². The lowest BCUT2D eigenvalue weighted by molar-refractivity contribution is 0.386. The van der Waals surface area contributed by atoms with Gasteiger partial charge in [-0.15, -0.1) is 0 Å². The second-order valence-electron chi connectivity index (χ2n) is 4.77. The molecule has 1 aliphatic rings. The summed E-state index contributed by atoms with van der Waals surface area (Å²) < 4.78 is 63.8. The molecular weight excluding hydrogens is 319 g/mol. The summed E-state index contributed by atoms with van der Waals surface area (Å²) in [6, 6.07) is 4.44. The molecule has 9 heteroatoms. The summed E-state index contributed by atoms with van der Waals surface area (Å²) in [7, 11) is -7.02. The minimum Gasteiger partial charge on any atom is -0.212 e. The molecule has 0 atom stereocenters. The number of hydrogen-bond donors (Lipinski definition) is 1. The molecule has 0 radical (unpaired) electrons. The minimum absolute atomic E-state index is 0.0149. The molecule has 0 aliphatic carbocycles. The van der Waals surface area contributed by atoms with Gasteiger partial charge in [-0.05, 0) is 37.1 Å². The third-order valence-electron chi connectivity index (χ3n) is 3.23. The molecule has 0 spiro atoms. The van der Waals surface area contributed by atoms with Crippen molar-refractivity contribution in [3.8, 4) is 0 Å². The molecular formula is C12H17FN2O4S2. The van der Waals surface area contributed by atoms with Crippen molar-refractivity contribution in [2.45, 2.75) is 17.7 Å². The zero-order valence-corrected chi connectivity index (χ0v) is 13.0. The summed E-state index contributed by atoms with van der Waals surface area (Å²) in [5.74, 6) is -0.411. The van der Waals surface area contributed by atoms with E-state index in [2.05, 4.69) is 4.72 Å². The van der Waals surface area contributed by atoms with Crippen molar-refractivity contribution < 1.29 is 21.2 Å². The van der Waals surface area contributed by atoms with E-state index in [0.717, 1.165) is 30.7 Å². The molecule has 1 aromatic carbocycles. The van der Waals surface area contributed by atoms with Gasteiger partial charge >= 0.3 is 0 Å². The molecule has 1 N–H and O–H groups in total. The lowest BCUT2D eigenvalue weighted by Gasteiger charge is -2.26. The topological polar surface area (TPSA) is 83.6 Å². The van der Waals surface area contributed by atoms with Crippen molar-refractivity contribution in [1.29, 1.82) is 0 Å². The lowest BCUT2D eigenvalue weighted by atomic mass is 10.3. The molecule has 1 heterocycles. The number of nitrogens with zero attached hydrogens (tertiary/aromatic N) is 1. The Labute approximate surface area is 124 Å². The van der Waals surface area contributed by atoms with E-state index in [1.54, 1.807) is 0 Å². The van der Waals surface area contributed by atoms with Gasteiger partial charge in [-0.25, -0.2) is 30.3 Å². The Kier molecular flexibility index (Phi) is 4.97. The maximum atomic E-state index is 12.8. The second kappa shape index (κ2) is 6.39. The van der Waals surface area contributed by atoms with Crippen LogP contribution in [0.15, 0.2) is 29.2 Å². The first-order valence-corrected chi connectivity index (χ1v) is 9.63. The van der Waals surface area contributed by atoms with Gasteiger partial charge in [-0.3, -0.25) is 0 Å². The summed E-state index contributed by atoms with van der Waals surface area (Å²) in [5.41, 5.74) is 0. The van der Waals surface area contributed by atoms with Crippen molar-refractivity contribution >= 4 is 20.0 Å². The molecule has 0 unspecified atom stereocenters. The van der Waals surface area contributed by atoms with E-state index in [-0.39, 0.29) is 23.7 Å². The van der Waals surface area contributed by atoms with Crippen LogP contribution in [0.3, 0.4) is 0 Å². The average Bonchev–Trinajstić information content (AvgIpc) is 2.41.